The first-order valence-electron chi connectivity index (χ1n) is 5.03. The highest BCUT2D eigenvalue weighted by Crippen LogP contribution is 2.40. The summed E-state index contributed by atoms with van der Waals surface area (Å²) in [5.74, 6) is -3.76. The summed E-state index contributed by atoms with van der Waals surface area (Å²) in [6, 6.07) is 1.77. The maximum atomic E-state index is 13.4. The van der Waals surface area contributed by atoms with Crippen LogP contribution in [0.5, 0.6) is 11.5 Å². The van der Waals surface area contributed by atoms with Gasteiger partial charge in [-0.2, -0.15) is 0 Å². The summed E-state index contributed by atoms with van der Waals surface area (Å²) in [7, 11) is 0. The predicted molar refractivity (Wildman–Crippen MR) is 53.1 cm³/mol. The molecular weight excluding hydrogens is 234 g/mol. The van der Waals surface area contributed by atoms with Crippen molar-refractivity contribution in [2.24, 2.45) is 0 Å². The third-order valence-corrected chi connectivity index (χ3v) is 2.72. The van der Waals surface area contributed by atoms with Gasteiger partial charge in [-0.05, 0) is 18.6 Å². The molecule has 6 heteroatoms. The highest BCUT2D eigenvalue weighted by Gasteiger charge is 2.45. The lowest BCUT2D eigenvalue weighted by molar-refractivity contribution is -0.161. The number of aliphatic carboxylic acids is 1. The van der Waals surface area contributed by atoms with Gasteiger partial charge in [0, 0.05) is 0 Å². The van der Waals surface area contributed by atoms with Gasteiger partial charge in [-0.25, -0.2) is 13.6 Å². The maximum Gasteiger partial charge on any atom is 0.351 e. The standard InChI is InChI=1S/C11H10F2O4/c1-2-11(10(14)15)5-16-8-6(12)3-4-7(13)9(8)17-11/h3-4H,2,5H2,1H3,(H,14,15). The van der Waals surface area contributed by atoms with Gasteiger partial charge in [-0.15, -0.1) is 0 Å². The van der Waals surface area contributed by atoms with Crippen molar-refractivity contribution in [2.45, 2.75) is 18.9 Å². The third-order valence-electron chi connectivity index (χ3n) is 2.72. The molecule has 17 heavy (non-hydrogen) atoms. The zero-order chi connectivity index (χ0) is 12.6. The van der Waals surface area contributed by atoms with Crippen molar-refractivity contribution in [3.63, 3.8) is 0 Å². The van der Waals surface area contributed by atoms with Crippen LogP contribution in [0.15, 0.2) is 12.1 Å². The zero-order valence-corrected chi connectivity index (χ0v) is 9.00. The molecule has 1 heterocycles. The molecule has 0 spiro atoms. The summed E-state index contributed by atoms with van der Waals surface area (Å²) in [4.78, 5) is 11.1. The Morgan fingerprint density at radius 1 is 1.41 bits per heavy atom. The van der Waals surface area contributed by atoms with Gasteiger partial charge in [0.1, 0.15) is 6.61 Å². The van der Waals surface area contributed by atoms with E-state index in [1.807, 2.05) is 0 Å². The van der Waals surface area contributed by atoms with E-state index in [9.17, 15) is 13.6 Å². The fourth-order valence-corrected chi connectivity index (χ4v) is 1.59. The van der Waals surface area contributed by atoms with Crippen LogP contribution < -0.4 is 9.47 Å². The van der Waals surface area contributed by atoms with Gasteiger partial charge < -0.3 is 14.6 Å². The summed E-state index contributed by atoms with van der Waals surface area (Å²) >= 11 is 0. The summed E-state index contributed by atoms with van der Waals surface area (Å²) < 4.78 is 36.8. The van der Waals surface area contributed by atoms with Crippen molar-refractivity contribution in [3.05, 3.63) is 23.8 Å². The minimum absolute atomic E-state index is 0.0811. The molecule has 0 amide bonds. The molecule has 1 N–H and O–H groups in total. The van der Waals surface area contributed by atoms with Crippen LogP contribution in [-0.4, -0.2) is 23.3 Å². The molecule has 0 radical (unpaired) electrons. The van der Waals surface area contributed by atoms with E-state index in [4.69, 9.17) is 14.6 Å². The lowest BCUT2D eigenvalue weighted by atomic mass is 10.0. The zero-order valence-electron chi connectivity index (χ0n) is 9.00. The first kappa shape index (κ1) is 11.6. The first-order valence-corrected chi connectivity index (χ1v) is 5.03. The monoisotopic (exact) mass is 244 g/mol. The number of halogens is 2. The fraction of sp³-hybridized carbons (Fsp3) is 0.364. The molecule has 92 valence electrons. The van der Waals surface area contributed by atoms with E-state index >= 15 is 0 Å². The van der Waals surface area contributed by atoms with Crippen LogP contribution in [0.3, 0.4) is 0 Å². The Bertz CT molecular complexity index is 475. The fourth-order valence-electron chi connectivity index (χ4n) is 1.59. The number of rotatable bonds is 2. The lowest BCUT2D eigenvalue weighted by Gasteiger charge is -2.34. The summed E-state index contributed by atoms with van der Waals surface area (Å²) in [6.45, 7) is 1.21. The van der Waals surface area contributed by atoms with Gasteiger partial charge >= 0.3 is 5.97 Å². The lowest BCUT2D eigenvalue weighted by Crippen LogP contribution is -2.51. The Balaban J connectivity index is 2.48. The van der Waals surface area contributed by atoms with E-state index in [0.29, 0.717) is 0 Å². The molecule has 0 fully saturated rings. The van der Waals surface area contributed by atoms with Gasteiger partial charge in [0.2, 0.25) is 11.4 Å². The largest absolute Gasteiger partial charge is 0.482 e. The van der Waals surface area contributed by atoms with Gasteiger partial charge in [-0.3, -0.25) is 0 Å². The predicted octanol–water partition coefficient (Wildman–Crippen LogP) is 1.97. The van der Waals surface area contributed by atoms with Crippen molar-refractivity contribution in [2.75, 3.05) is 6.61 Å². The summed E-state index contributed by atoms with van der Waals surface area (Å²) in [6.07, 6.45) is 0.0811. The molecule has 1 atom stereocenters. The number of benzene rings is 1. The average molecular weight is 244 g/mol. The van der Waals surface area contributed by atoms with Crippen LogP contribution in [0.1, 0.15) is 13.3 Å². The van der Waals surface area contributed by atoms with E-state index in [1.54, 1.807) is 6.92 Å². The molecule has 2 rings (SSSR count). The smallest absolute Gasteiger partial charge is 0.351 e. The number of ether oxygens (including phenoxy) is 2. The second kappa shape index (κ2) is 3.87. The second-order valence-electron chi connectivity index (χ2n) is 3.73. The highest BCUT2D eigenvalue weighted by atomic mass is 19.1. The minimum atomic E-state index is -1.67. The van der Waals surface area contributed by atoms with Crippen LogP contribution in [0.2, 0.25) is 0 Å². The van der Waals surface area contributed by atoms with Crippen molar-refractivity contribution in [3.8, 4) is 11.5 Å². The number of carboxylic acids is 1. The Labute approximate surface area is 95.8 Å². The number of hydrogen-bond donors (Lipinski definition) is 1. The molecule has 0 aliphatic carbocycles. The van der Waals surface area contributed by atoms with E-state index < -0.39 is 29.0 Å². The van der Waals surface area contributed by atoms with Gasteiger partial charge in [0.25, 0.3) is 0 Å². The Morgan fingerprint density at radius 3 is 2.53 bits per heavy atom. The molecule has 0 aromatic heterocycles. The highest BCUT2D eigenvalue weighted by molar-refractivity contribution is 5.78. The molecule has 1 aromatic rings. The van der Waals surface area contributed by atoms with E-state index in [2.05, 4.69) is 0 Å². The van der Waals surface area contributed by atoms with Crippen molar-refractivity contribution in [1.82, 2.24) is 0 Å². The van der Waals surface area contributed by atoms with Crippen molar-refractivity contribution >= 4 is 5.97 Å². The number of fused-ring (bicyclic) bond motifs is 1. The van der Waals surface area contributed by atoms with Crippen molar-refractivity contribution in [1.29, 1.82) is 0 Å². The number of carbonyl (C=O) groups is 1. The maximum absolute atomic E-state index is 13.4. The average Bonchev–Trinajstić information content (AvgIpc) is 2.33. The molecule has 0 bridgehead atoms. The number of hydrogen-bond acceptors (Lipinski definition) is 3. The van der Waals surface area contributed by atoms with E-state index in [0.717, 1.165) is 12.1 Å². The second-order valence-corrected chi connectivity index (χ2v) is 3.73. The van der Waals surface area contributed by atoms with Crippen LogP contribution in [0.25, 0.3) is 0 Å². The van der Waals surface area contributed by atoms with Gasteiger partial charge in [0.15, 0.2) is 17.4 Å². The molecule has 0 saturated carbocycles. The van der Waals surface area contributed by atoms with E-state index in [-0.39, 0.29) is 18.8 Å². The van der Waals surface area contributed by atoms with Gasteiger partial charge in [-0.1, -0.05) is 6.92 Å². The van der Waals surface area contributed by atoms with Crippen molar-refractivity contribution < 1.29 is 28.2 Å². The van der Waals surface area contributed by atoms with Gasteiger partial charge in [0.05, 0.1) is 0 Å². The Kier molecular flexibility index (Phi) is 2.65. The van der Waals surface area contributed by atoms with Crippen LogP contribution in [-0.2, 0) is 4.79 Å². The SMILES string of the molecule is CCC1(C(=O)O)COc2c(F)ccc(F)c2O1. The van der Waals surface area contributed by atoms with Crippen LogP contribution in [0, 0.1) is 11.6 Å². The molecule has 4 nitrogen and oxygen atoms in total. The first-order chi connectivity index (χ1) is 8.00. The minimum Gasteiger partial charge on any atom is -0.482 e. The molecule has 1 unspecified atom stereocenters. The quantitative estimate of drug-likeness (QED) is 0.864. The Hall–Kier alpha value is -1.85. The van der Waals surface area contributed by atoms with Crippen LogP contribution in [0.4, 0.5) is 8.78 Å². The van der Waals surface area contributed by atoms with Crippen LogP contribution >= 0.6 is 0 Å². The van der Waals surface area contributed by atoms with E-state index in [1.165, 1.54) is 0 Å². The molecule has 0 saturated heterocycles. The third kappa shape index (κ3) is 1.69. The summed E-state index contributed by atoms with van der Waals surface area (Å²) in [5, 5.41) is 9.05. The topological polar surface area (TPSA) is 55.8 Å². The molecule has 1 aromatic carbocycles. The Morgan fingerprint density at radius 2 is 2.00 bits per heavy atom. The summed E-state index contributed by atoms with van der Waals surface area (Å²) in [5.41, 5.74) is -1.67. The molecule has 1 aliphatic rings. The molecular formula is C11H10F2O4. The molecule has 1 aliphatic heterocycles. The number of carboxylic acid groups (broad SMARTS) is 1. The normalized spacial score (nSPS) is 22.3.